The molecule has 0 aliphatic carbocycles. The van der Waals surface area contributed by atoms with E-state index in [1.54, 1.807) is 18.2 Å². The minimum absolute atomic E-state index is 0.0758. The molecule has 5 heteroatoms. The maximum Gasteiger partial charge on any atom is 0.305 e. The minimum atomic E-state index is -0.0758. The van der Waals surface area contributed by atoms with E-state index in [1.807, 2.05) is 0 Å². The summed E-state index contributed by atoms with van der Waals surface area (Å²) < 4.78 is 0.863. The van der Waals surface area contributed by atoms with Gasteiger partial charge in [0.2, 0.25) is 0 Å². The molecule has 66 valence electrons. The Bertz CT molecular complexity index is 512. The van der Waals surface area contributed by atoms with Crippen LogP contribution >= 0.6 is 11.3 Å². The minimum Gasteiger partial charge on any atom is -0.411 e. The van der Waals surface area contributed by atoms with Crippen molar-refractivity contribution in [2.75, 3.05) is 0 Å². The molecular weight excluding hydrogens is 188 g/mol. The first-order chi connectivity index (χ1) is 6.29. The molecule has 13 heavy (non-hydrogen) atoms. The van der Waals surface area contributed by atoms with Crippen molar-refractivity contribution in [3.8, 4) is 0 Å². The van der Waals surface area contributed by atoms with Crippen LogP contribution in [0.4, 0.5) is 0 Å². The molecular formula is C8H6N2O2S. The van der Waals surface area contributed by atoms with Gasteiger partial charge >= 0.3 is 4.87 Å². The first-order valence-electron chi connectivity index (χ1n) is 3.60. The number of hydrogen-bond acceptors (Lipinski definition) is 4. The SMILES string of the molecule is O=c1[nH]c2ccc(C=NO)cc2s1. The number of thiazole rings is 1. The van der Waals surface area contributed by atoms with Crippen molar-refractivity contribution in [2.24, 2.45) is 5.16 Å². The molecule has 1 aromatic carbocycles. The van der Waals surface area contributed by atoms with Crippen LogP contribution in [0.15, 0.2) is 28.1 Å². The molecule has 2 rings (SSSR count). The van der Waals surface area contributed by atoms with Crippen LogP contribution in [0.3, 0.4) is 0 Å². The van der Waals surface area contributed by atoms with Gasteiger partial charge in [0.25, 0.3) is 0 Å². The number of hydrogen-bond donors (Lipinski definition) is 2. The summed E-state index contributed by atoms with van der Waals surface area (Å²) in [5.74, 6) is 0. The molecule has 0 fully saturated rings. The number of aromatic amines is 1. The van der Waals surface area contributed by atoms with Crippen molar-refractivity contribution in [3.63, 3.8) is 0 Å². The lowest BCUT2D eigenvalue weighted by atomic mass is 10.2. The molecule has 0 aliphatic rings. The highest BCUT2D eigenvalue weighted by molar-refractivity contribution is 7.16. The van der Waals surface area contributed by atoms with E-state index in [0.717, 1.165) is 27.1 Å². The number of aromatic nitrogens is 1. The Labute approximate surface area is 77.1 Å². The normalized spacial score (nSPS) is 11.4. The molecule has 0 aliphatic heterocycles. The van der Waals surface area contributed by atoms with E-state index in [4.69, 9.17) is 5.21 Å². The number of nitrogens with one attached hydrogen (secondary N) is 1. The molecule has 1 aromatic heterocycles. The Balaban J connectivity index is 2.67. The van der Waals surface area contributed by atoms with Crippen molar-refractivity contribution in [3.05, 3.63) is 33.4 Å². The predicted molar refractivity (Wildman–Crippen MR) is 51.8 cm³/mol. The van der Waals surface area contributed by atoms with Crippen LogP contribution in [0, 0.1) is 0 Å². The standard InChI is InChI=1S/C8H6N2O2S/c11-8-10-6-2-1-5(4-9-12)3-7(6)13-8/h1-4,12H,(H,10,11). The third kappa shape index (κ3) is 1.46. The molecule has 2 N–H and O–H groups in total. The van der Waals surface area contributed by atoms with E-state index >= 15 is 0 Å². The Hall–Kier alpha value is -1.62. The fourth-order valence-electron chi connectivity index (χ4n) is 1.11. The van der Waals surface area contributed by atoms with Gasteiger partial charge in [-0.25, -0.2) is 0 Å². The average Bonchev–Trinajstić information content (AvgIpc) is 2.44. The Morgan fingerprint density at radius 1 is 1.54 bits per heavy atom. The zero-order valence-corrected chi connectivity index (χ0v) is 7.34. The van der Waals surface area contributed by atoms with Crippen LogP contribution in [0.5, 0.6) is 0 Å². The van der Waals surface area contributed by atoms with Crippen LogP contribution in [-0.4, -0.2) is 16.4 Å². The van der Waals surface area contributed by atoms with Gasteiger partial charge in [-0.05, 0) is 17.7 Å². The van der Waals surface area contributed by atoms with Crippen molar-refractivity contribution in [2.45, 2.75) is 0 Å². The summed E-state index contributed by atoms with van der Waals surface area (Å²) in [5.41, 5.74) is 1.58. The van der Waals surface area contributed by atoms with Gasteiger partial charge in [0.15, 0.2) is 0 Å². The highest BCUT2D eigenvalue weighted by atomic mass is 32.1. The second-order valence-corrected chi connectivity index (χ2v) is 3.53. The van der Waals surface area contributed by atoms with Gasteiger partial charge in [0, 0.05) is 0 Å². The number of benzene rings is 1. The number of H-pyrrole nitrogens is 1. The molecule has 1 heterocycles. The van der Waals surface area contributed by atoms with Crippen LogP contribution < -0.4 is 4.87 Å². The van der Waals surface area contributed by atoms with E-state index in [9.17, 15) is 4.79 Å². The summed E-state index contributed by atoms with van der Waals surface area (Å²) in [7, 11) is 0. The van der Waals surface area contributed by atoms with Crippen molar-refractivity contribution >= 4 is 27.8 Å². The zero-order chi connectivity index (χ0) is 9.26. The molecule has 4 nitrogen and oxygen atoms in total. The Morgan fingerprint density at radius 2 is 2.38 bits per heavy atom. The van der Waals surface area contributed by atoms with Gasteiger partial charge < -0.3 is 10.2 Å². The first-order valence-corrected chi connectivity index (χ1v) is 4.41. The van der Waals surface area contributed by atoms with E-state index in [1.165, 1.54) is 6.21 Å². The van der Waals surface area contributed by atoms with Gasteiger partial charge in [-0.2, -0.15) is 0 Å². The van der Waals surface area contributed by atoms with Crippen molar-refractivity contribution < 1.29 is 5.21 Å². The summed E-state index contributed by atoms with van der Waals surface area (Å²) in [6.07, 6.45) is 1.32. The topological polar surface area (TPSA) is 65.5 Å². The maximum absolute atomic E-state index is 10.9. The van der Waals surface area contributed by atoms with E-state index < -0.39 is 0 Å². The summed E-state index contributed by atoms with van der Waals surface area (Å²) >= 11 is 1.14. The number of fused-ring (bicyclic) bond motifs is 1. The molecule has 0 unspecified atom stereocenters. The summed E-state index contributed by atoms with van der Waals surface area (Å²) in [6.45, 7) is 0. The smallest absolute Gasteiger partial charge is 0.305 e. The maximum atomic E-state index is 10.9. The molecule has 0 spiro atoms. The summed E-state index contributed by atoms with van der Waals surface area (Å²) in [5, 5.41) is 11.2. The summed E-state index contributed by atoms with van der Waals surface area (Å²) in [6, 6.07) is 5.34. The Kier molecular flexibility index (Phi) is 1.86. The zero-order valence-electron chi connectivity index (χ0n) is 6.52. The molecule has 0 amide bonds. The van der Waals surface area contributed by atoms with Crippen molar-refractivity contribution in [1.29, 1.82) is 0 Å². The third-order valence-corrected chi connectivity index (χ3v) is 2.50. The monoisotopic (exact) mass is 194 g/mol. The van der Waals surface area contributed by atoms with Gasteiger partial charge in [0.1, 0.15) is 0 Å². The molecule has 0 saturated heterocycles. The number of rotatable bonds is 1. The van der Waals surface area contributed by atoms with Gasteiger partial charge in [-0.3, -0.25) is 4.79 Å². The Morgan fingerprint density at radius 3 is 3.15 bits per heavy atom. The lowest BCUT2D eigenvalue weighted by Crippen LogP contribution is -1.89. The van der Waals surface area contributed by atoms with E-state index in [0.29, 0.717) is 0 Å². The van der Waals surface area contributed by atoms with E-state index in [-0.39, 0.29) is 4.87 Å². The predicted octanol–water partition coefficient (Wildman–Crippen LogP) is 1.40. The second-order valence-electron chi connectivity index (χ2n) is 2.51. The van der Waals surface area contributed by atoms with E-state index in [2.05, 4.69) is 10.1 Å². The quantitative estimate of drug-likeness (QED) is 0.409. The van der Waals surface area contributed by atoms with Crippen molar-refractivity contribution in [1.82, 2.24) is 4.98 Å². The van der Waals surface area contributed by atoms with Crippen LogP contribution in [0.1, 0.15) is 5.56 Å². The molecule has 0 saturated carbocycles. The average molecular weight is 194 g/mol. The lowest BCUT2D eigenvalue weighted by molar-refractivity contribution is 0.322. The third-order valence-electron chi connectivity index (χ3n) is 1.65. The van der Waals surface area contributed by atoms with Crippen LogP contribution in [0.2, 0.25) is 0 Å². The summed E-state index contributed by atoms with van der Waals surface area (Å²) in [4.78, 5) is 13.5. The van der Waals surface area contributed by atoms with Gasteiger partial charge in [-0.15, -0.1) is 0 Å². The lowest BCUT2D eigenvalue weighted by Gasteiger charge is -1.90. The fourth-order valence-corrected chi connectivity index (χ4v) is 1.89. The van der Waals surface area contributed by atoms with Gasteiger partial charge in [0.05, 0.1) is 16.4 Å². The van der Waals surface area contributed by atoms with Crippen LogP contribution in [0.25, 0.3) is 10.2 Å². The first kappa shape index (κ1) is 8.00. The van der Waals surface area contributed by atoms with Gasteiger partial charge in [-0.1, -0.05) is 22.6 Å². The molecule has 0 bridgehead atoms. The number of oxime groups is 1. The number of nitrogens with zero attached hydrogens (tertiary/aromatic N) is 1. The molecule has 2 aromatic rings. The molecule has 0 atom stereocenters. The fraction of sp³-hybridized carbons (Fsp3) is 0. The van der Waals surface area contributed by atoms with Crippen LogP contribution in [-0.2, 0) is 0 Å². The largest absolute Gasteiger partial charge is 0.411 e. The highest BCUT2D eigenvalue weighted by Crippen LogP contribution is 2.14. The second kappa shape index (κ2) is 3.02. The molecule has 0 radical (unpaired) electrons. The highest BCUT2D eigenvalue weighted by Gasteiger charge is 1.98.